The number of amides is 1. The molecule has 3 heterocycles. The zero-order valence-corrected chi connectivity index (χ0v) is 16.6. The lowest BCUT2D eigenvalue weighted by atomic mass is 10.2. The van der Waals surface area contributed by atoms with Crippen molar-refractivity contribution in [3.63, 3.8) is 0 Å². The number of aromatic nitrogens is 5. The molecule has 0 aliphatic carbocycles. The van der Waals surface area contributed by atoms with Crippen LogP contribution in [0.5, 0.6) is 0 Å². The minimum absolute atomic E-state index is 0.170. The fourth-order valence-corrected chi connectivity index (χ4v) is 3.13. The quantitative estimate of drug-likeness (QED) is 0.402. The van der Waals surface area contributed by atoms with E-state index in [4.69, 9.17) is 10.7 Å². The lowest BCUT2D eigenvalue weighted by Gasteiger charge is -2.09. The van der Waals surface area contributed by atoms with Gasteiger partial charge in [0.05, 0.1) is 11.3 Å². The molecule has 29 heavy (non-hydrogen) atoms. The maximum Gasteiger partial charge on any atom is 0.252 e. The van der Waals surface area contributed by atoms with E-state index in [2.05, 4.69) is 43.5 Å². The highest BCUT2D eigenvalue weighted by Gasteiger charge is 2.15. The van der Waals surface area contributed by atoms with Gasteiger partial charge in [0.1, 0.15) is 12.2 Å². The fourth-order valence-electron chi connectivity index (χ4n) is 3.13. The molecule has 0 radical (unpaired) electrons. The van der Waals surface area contributed by atoms with Gasteiger partial charge >= 0.3 is 0 Å². The van der Waals surface area contributed by atoms with Crippen LogP contribution in [0.1, 0.15) is 48.8 Å². The first-order valence-corrected chi connectivity index (χ1v) is 9.79. The maximum absolute atomic E-state index is 12.2. The molecule has 0 atom stereocenters. The van der Waals surface area contributed by atoms with E-state index in [1.807, 2.05) is 0 Å². The van der Waals surface area contributed by atoms with Crippen molar-refractivity contribution in [2.24, 2.45) is 4.99 Å². The summed E-state index contributed by atoms with van der Waals surface area (Å²) in [7, 11) is 0. The van der Waals surface area contributed by atoms with Crippen molar-refractivity contribution in [3.8, 4) is 0 Å². The van der Waals surface area contributed by atoms with Crippen molar-refractivity contribution in [1.82, 2.24) is 29.8 Å². The predicted octanol–water partition coefficient (Wildman–Crippen LogP) is 2.69. The van der Waals surface area contributed by atoms with Gasteiger partial charge in [-0.15, -0.1) is 0 Å². The lowest BCUT2D eigenvalue weighted by molar-refractivity contribution is 0.0952. The molecule has 9 heteroatoms. The van der Waals surface area contributed by atoms with Crippen LogP contribution in [-0.4, -0.2) is 43.7 Å². The van der Waals surface area contributed by atoms with E-state index >= 15 is 0 Å². The summed E-state index contributed by atoms with van der Waals surface area (Å²) in [6, 6.07) is 1.62. The number of nitrogens with zero attached hydrogens (tertiary/aromatic N) is 6. The molecule has 0 aromatic carbocycles. The highest BCUT2D eigenvalue weighted by atomic mass is 16.1. The van der Waals surface area contributed by atoms with E-state index in [0.29, 0.717) is 29.1 Å². The molecule has 3 N–H and O–H groups in total. The normalized spacial score (nSPS) is 10.9. The Morgan fingerprint density at radius 2 is 2.14 bits per heavy atom. The second kappa shape index (κ2) is 9.72. The molecule has 0 saturated carbocycles. The van der Waals surface area contributed by atoms with Gasteiger partial charge in [-0.3, -0.25) is 9.78 Å². The van der Waals surface area contributed by atoms with Gasteiger partial charge in [-0.05, 0) is 32.0 Å². The van der Waals surface area contributed by atoms with Crippen molar-refractivity contribution in [2.75, 3.05) is 12.3 Å². The van der Waals surface area contributed by atoms with Crippen LogP contribution in [0.25, 0.3) is 11.2 Å². The molecule has 1 amide bonds. The van der Waals surface area contributed by atoms with Crippen LogP contribution in [0.15, 0.2) is 29.8 Å². The number of anilines is 1. The van der Waals surface area contributed by atoms with E-state index in [-0.39, 0.29) is 5.91 Å². The van der Waals surface area contributed by atoms with Crippen molar-refractivity contribution in [3.05, 3.63) is 36.2 Å². The number of aryl methyl sites for hydroxylation is 2. The molecule has 0 fully saturated rings. The Balaban J connectivity index is 1.61. The molecule has 0 aliphatic heterocycles. The van der Waals surface area contributed by atoms with Crippen LogP contribution in [0.2, 0.25) is 0 Å². The number of nitrogens with two attached hydrogens (primary N) is 1. The van der Waals surface area contributed by atoms with E-state index in [1.165, 1.54) is 18.7 Å². The zero-order valence-electron chi connectivity index (χ0n) is 16.6. The average molecular weight is 394 g/mol. The predicted molar refractivity (Wildman–Crippen MR) is 113 cm³/mol. The van der Waals surface area contributed by atoms with E-state index in [9.17, 15) is 4.79 Å². The minimum atomic E-state index is -0.170. The van der Waals surface area contributed by atoms with Gasteiger partial charge in [-0.2, -0.15) is 0 Å². The summed E-state index contributed by atoms with van der Waals surface area (Å²) in [5.74, 6) is 1.33. The second-order valence-electron chi connectivity index (χ2n) is 6.78. The number of hydrogen-bond acceptors (Lipinski definition) is 7. The number of hydrogen-bond donors (Lipinski definition) is 2. The number of pyridine rings is 1. The van der Waals surface area contributed by atoms with Crippen LogP contribution >= 0.6 is 0 Å². The van der Waals surface area contributed by atoms with Gasteiger partial charge < -0.3 is 15.6 Å². The molecule has 3 rings (SSSR count). The summed E-state index contributed by atoms with van der Waals surface area (Å²) in [5.41, 5.74) is 8.08. The molecule has 0 bridgehead atoms. The lowest BCUT2D eigenvalue weighted by Crippen LogP contribution is -2.25. The van der Waals surface area contributed by atoms with Crippen LogP contribution in [0, 0.1) is 0 Å². The van der Waals surface area contributed by atoms with Crippen LogP contribution in [0.3, 0.4) is 0 Å². The van der Waals surface area contributed by atoms with Crippen LogP contribution in [0.4, 0.5) is 11.5 Å². The Hall–Kier alpha value is -3.36. The summed E-state index contributed by atoms with van der Waals surface area (Å²) < 4.78 is 2.13. The van der Waals surface area contributed by atoms with Crippen LogP contribution in [-0.2, 0) is 13.0 Å². The summed E-state index contributed by atoms with van der Waals surface area (Å²) in [6.45, 7) is 7.06. The number of rotatable bonds is 10. The Labute approximate surface area is 169 Å². The SMILES string of the molecule is C=Nc1ncnc2c1nc(CCCC)n2CCCCNC(=O)c1cncc(N)c1. The van der Waals surface area contributed by atoms with Gasteiger partial charge in [0.25, 0.3) is 5.91 Å². The van der Waals surface area contributed by atoms with Gasteiger partial charge in [0.15, 0.2) is 17.0 Å². The highest BCUT2D eigenvalue weighted by molar-refractivity contribution is 5.94. The van der Waals surface area contributed by atoms with Crippen molar-refractivity contribution in [1.29, 1.82) is 0 Å². The number of carbonyl (C=O) groups excluding carboxylic acids is 1. The number of fused-ring (bicyclic) bond motifs is 1. The molecule has 0 spiro atoms. The standard InChI is InChI=1S/C20H26N8O/c1-3-4-7-16-27-17-18(22-2)25-13-26-19(17)28(16)9-6-5-8-24-20(29)14-10-15(21)12-23-11-14/h10-13H,2-9,21H2,1H3,(H,24,29). The molecule has 3 aromatic rings. The summed E-state index contributed by atoms with van der Waals surface area (Å²) >= 11 is 0. The Morgan fingerprint density at radius 1 is 1.28 bits per heavy atom. The maximum atomic E-state index is 12.2. The van der Waals surface area contributed by atoms with Gasteiger partial charge in [-0.25, -0.2) is 19.9 Å². The smallest absolute Gasteiger partial charge is 0.252 e. The Kier molecular flexibility index (Phi) is 6.83. The number of imidazole rings is 1. The van der Waals surface area contributed by atoms with Gasteiger partial charge in [0.2, 0.25) is 0 Å². The summed E-state index contributed by atoms with van der Waals surface area (Å²) in [5, 5.41) is 2.90. The largest absolute Gasteiger partial charge is 0.397 e. The van der Waals surface area contributed by atoms with Crippen LogP contribution < -0.4 is 11.1 Å². The monoisotopic (exact) mass is 394 g/mol. The second-order valence-corrected chi connectivity index (χ2v) is 6.78. The molecule has 0 unspecified atom stereocenters. The van der Waals surface area contributed by atoms with Crippen molar-refractivity contribution < 1.29 is 4.79 Å². The molecule has 152 valence electrons. The van der Waals surface area contributed by atoms with Gasteiger partial charge in [-0.1, -0.05) is 13.3 Å². The highest BCUT2D eigenvalue weighted by Crippen LogP contribution is 2.23. The molecule has 0 aliphatic rings. The first-order valence-electron chi connectivity index (χ1n) is 9.79. The summed E-state index contributed by atoms with van der Waals surface area (Å²) in [6.07, 6.45) is 9.24. The first kappa shape index (κ1) is 20.4. The number of aliphatic imine (C=N–C) groups is 1. The third kappa shape index (κ3) is 4.92. The van der Waals surface area contributed by atoms with Crippen molar-refractivity contribution in [2.45, 2.75) is 45.6 Å². The number of unbranched alkanes of at least 4 members (excludes halogenated alkanes) is 2. The average Bonchev–Trinajstić information content (AvgIpc) is 3.09. The number of carbonyl (C=O) groups is 1. The van der Waals surface area contributed by atoms with E-state index in [0.717, 1.165) is 50.1 Å². The summed E-state index contributed by atoms with van der Waals surface area (Å²) in [4.78, 5) is 33.3. The Morgan fingerprint density at radius 3 is 2.90 bits per heavy atom. The minimum Gasteiger partial charge on any atom is -0.397 e. The molecular formula is C20H26N8O. The number of nitrogens with one attached hydrogen (secondary N) is 1. The number of nitrogen functional groups attached to an aromatic ring is 1. The third-order valence-corrected chi connectivity index (χ3v) is 4.61. The first-order chi connectivity index (χ1) is 14.1. The van der Waals surface area contributed by atoms with E-state index in [1.54, 1.807) is 6.07 Å². The fraction of sp³-hybridized carbons (Fsp3) is 0.400. The van der Waals surface area contributed by atoms with Crippen molar-refractivity contribution >= 4 is 35.3 Å². The zero-order chi connectivity index (χ0) is 20.6. The molecule has 9 nitrogen and oxygen atoms in total. The molecule has 0 saturated heterocycles. The van der Waals surface area contributed by atoms with E-state index < -0.39 is 0 Å². The third-order valence-electron chi connectivity index (χ3n) is 4.61. The Bertz CT molecular complexity index is 997. The van der Waals surface area contributed by atoms with Gasteiger partial charge in [0, 0.05) is 31.9 Å². The molecular weight excluding hydrogens is 368 g/mol. The molecule has 3 aromatic heterocycles. The topological polar surface area (TPSA) is 124 Å².